The Morgan fingerprint density at radius 1 is 1.55 bits per heavy atom. The van der Waals surface area contributed by atoms with Crippen LogP contribution in [0.5, 0.6) is 0 Å². The van der Waals surface area contributed by atoms with Crippen molar-refractivity contribution in [1.29, 1.82) is 5.26 Å². The second-order valence-corrected chi connectivity index (χ2v) is 6.11. The third kappa shape index (κ3) is 2.14. The van der Waals surface area contributed by atoms with E-state index in [9.17, 15) is 9.18 Å². The Hall–Kier alpha value is -2.39. The number of nitrogens with zero attached hydrogens (tertiary/aromatic N) is 2. The van der Waals surface area contributed by atoms with Gasteiger partial charge in [-0.2, -0.15) is 5.26 Å². The molecule has 1 unspecified atom stereocenters. The lowest BCUT2D eigenvalue weighted by Crippen LogP contribution is -2.36. The topological polar surface area (TPSA) is 53.3 Å². The first-order valence-electron chi connectivity index (χ1n) is 6.72. The lowest BCUT2D eigenvalue weighted by atomic mass is 9.98. The maximum atomic E-state index is 14.3. The predicted octanol–water partition coefficient (Wildman–Crippen LogP) is 3.51. The first kappa shape index (κ1) is 14.5. The van der Waals surface area contributed by atoms with Crippen LogP contribution in [0, 0.1) is 11.3 Å². The van der Waals surface area contributed by atoms with Crippen molar-refractivity contribution in [2.24, 2.45) is 0 Å². The van der Waals surface area contributed by atoms with Gasteiger partial charge < -0.3 is 9.64 Å². The number of halogens is 1. The van der Waals surface area contributed by atoms with Gasteiger partial charge in [0.05, 0.1) is 18.0 Å². The standard InChI is InChI=1S/C16H13FN2O2S/c1-9-7-11-12(4-5-13(21-2)15(11)17)19(9)16(20)14-6-3-10(8-18)22-14/h3,5-7,12H,4H2,1-2H3. The van der Waals surface area contributed by atoms with Gasteiger partial charge in [-0.1, -0.05) is 0 Å². The number of nitriles is 1. The summed E-state index contributed by atoms with van der Waals surface area (Å²) in [6.45, 7) is 1.78. The van der Waals surface area contributed by atoms with Crippen LogP contribution in [0.25, 0.3) is 0 Å². The number of ether oxygens (including phenoxy) is 1. The molecule has 0 saturated carbocycles. The number of carbonyl (C=O) groups is 1. The highest BCUT2D eigenvalue weighted by atomic mass is 32.1. The quantitative estimate of drug-likeness (QED) is 0.839. The van der Waals surface area contributed by atoms with Crippen molar-refractivity contribution >= 4 is 17.2 Å². The van der Waals surface area contributed by atoms with Gasteiger partial charge in [0.1, 0.15) is 10.9 Å². The van der Waals surface area contributed by atoms with Crippen molar-refractivity contribution in [2.75, 3.05) is 7.11 Å². The van der Waals surface area contributed by atoms with Crippen LogP contribution in [0.2, 0.25) is 0 Å². The zero-order chi connectivity index (χ0) is 15.9. The van der Waals surface area contributed by atoms with Gasteiger partial charge in [-0.3, -0.25) is 4.79 Å². The molecule has 0 aromatic carbocycles. The molecule has 1 amide bonds. The average Bonchev–Trinajstić information content (AvgIpc) is 3.11. The third-order valence-electron chi connectivity index (χ3n) is 3.78. The van der Waals surface area contributed by atoms with E-state index < -0.39 is 5.83 Å². The van der Waals surface area contributed by atoms with Gasteiger partial charge in [0.2, 0.25) is 0 Å². The summed E-state index contributed by atoms with van der Waals surface area (Å²) in [7, 11) is 1.43. The highest BCUT2D eigenvalue weighted by Gasteiger charge is 2.38. The molecule has 0 saturated heterocycles. The molecule has 1 aliphatic carbocycles. The molecule has 0 bridgehead atoms. The summed E-state index contributed by atoms with van der Waals surface area (Å²) in [5, 5.41) is 8.87. The zero-order valence-electron chi connectivity index (χ0n) is 12.1. The normalized spacial score (nSPS) is 20.3. The lowest BCUT2D eigenvalue weighted by molar-refractivity contribution is 0.0783. The molecule has 4 nitrogen and oxygen atoms in total. The number of hydrogen-bond donors (Lipinski definition) is 0. The molecule has 2 aliphatic rings. The van der Waals surface area contributed by atoms with Crippen LogP contribution in [0.3, 0.4) is 0 Å². The number of amides is 1. The molecule has 1 aromatic heterocycles. The molecule has 22 heavy (non-hydrogen) atoms. The largest absolute Gasteiger partial charge is 0.494 e. The van der Waals surface area contributed by atoms with E-state index in [-0.39, 0.29) is 17.7 Å². The van der Waals surface area contributed by atoms with Gasteiger partial charge in [0.25, 0.3) is 5.91 Å². The Balaban J connectivity index is 1.95. The summed E-state index contributed by atoms with van der Waals surface area (Å²) in [6.07, 6.45) is 3.84. The zero-order valence-corrected chi connectivity index (χ0v) is 12.9. The van der Waals surface area contributed by atoms with Crippen LogP contribution in [0.15, 0.2) is 47.1 Å². The number of fused-ring (bicyclic) bond motifs is 1. The molecule has 6 heteroatoms. The Morgan fingerprint density at radius 2 is 2.32 bits per heavy atom. The maximum Gasteiger partial charge on any atom is 0.268 e. The fourth-order valence-corrected chi connectivity index (χ4v) is 3.51. The van der Waals surface area contributed by atoms with Crippen LogP contribution in [-0.4, -0.2) is 24.0 Å². The maximum absolute atomic E-state index is 14.3. The third-order valence-corrected chi connectivity index (χ3v) is 4.75. The number of hydrogen-bond acceptors (Lipinski definition) is 4. The van der Waals surface area contributed by atoms with E-state index in [4.69, 9.17) is 10.00 Å². The Morgan fingerprint density at radius 3 is 2.95 bits per heavy atom. The van der Waals surface area contributed by atoms with Gasteiger partial charge in [-0.15, -0.1) is 11.3 Å². The molecule has 0 spiro atoms. The number of allylic oxidation sites excluding steroid dienone is 2. The van der Waals surface area contributed by atoms with E-state index in [2.05, 4.69) is 0 Å². The van der Waals surface area contributed by atoms with Crippen molar-refractivity contribution < 1.29 is 13.9 Å². The minimum absolute atomic E-state index is 0.206. The van der Waals surface area contributed by atoms with Gasteiger partial charge in [0, 0.05) is 11.3 Å². The van der Waals surface area contributed by atoms with Gasteiger partial charge >= 0.3 is 0 Å². The van der Waals surface area contributed by atoms with Crippen molar-refractivity contribution in [1.82, 2.24) is 4.90 Å². The number of methoxy groups -OCH3 is 1. The average molecular weight is 316 g/mol. The van der Waals surface area contributed by atoms with Crippen molar-refractivity contribution in [3.05, 3.63) is 56.9 Å². The second-order valence-electron chi connectivity index (χ2n) is 5.03. The number of thiophene rings is 1. The van der Waals surface area contributed by atoms with Crippen LogP contribution >= 0.6 is 11.3 Å². The molecular weight excluding hydrogens is 303 g/mol. The van der Waals surface area contributed by atoms with Gasteiger partial charge in [0.15, 0.2) is 11.6 Å². The molecule has 0 N–H and O–H groups in total. The fraction of sp³-hybridized carbons (Fsp3) is 0.250. The summed E-state index contributed by atoms with van der Waals surface area (Å²) >= 11 is 1.15. The van der Waals surface area contributed by atoms with E-state index in [0.717, 1.165) is 11.3 Å². The van der Waals surface area contributed by atoms with Crippen LogP contribution in [0.4, 0.5) is 4.39 Å². The Bertz CT molecular complexity index is 782. The highest BCUT2D eigenvalue weighted by molar-refractivity contribution is 7.14. The predicted molar refractivity (Wildman–Crippen MR) is 80.6 cm³/mol. The summed E-state index contributed by atoms with van der Waals surface area (Å²) in [4.78, 5) is 15.2. The van der Waals surface area contributed by atoms with Gasteiger partial charge in [-0.25, -0.2) is 4.39 Å². The molecule has 1 aromatic rings. The lowest BCUT2D eigenvalue weighted by Gasteiger charge is -2.28. The van der Waals surface area contributed by atoms with E-state index >= 15 is 0 Å². The van der Waals surface area contributed by atoms with Crippen LogP contribution in [0.1, 0.15) is 27.9 Å². The smallest absolute Gasteiger partial charge is 0.268 e. The molecule has 1 aliphatic heterocycles. The summed E-state index contributed by atoms with van der Waals surface area (Å²) in [6, 6.07) is 4.92. The number of rotatable bonds is 2. The van der Waals surface area contributed by atoms with E-state index in [1.165, 1.54) is 7.11 Å². The fourth-order valence-electron chi connectivity index (χ4n) is 2.77. The minimum Gasteiger partial charge on any atom is -0.494 e. The number of carbonyl (C=O) groups excluding carboxylic acids is 1. The molecule has 112 valence electrons. The molecule has 3 rings (SSSR count). The molecule has 1 atom stereocenters. The van der Waals surface area contributed by atoms with Crippen molar-refractivity contribution in [2.45, 2.75) is 19.4 Å². The summed E-state index contributed by atoms with van der Waals surface area (Å²) in [5.74, 6) is -0.410. The monoisotopic (exact) mass is 316 g/mol. The van der Waals surface area contributed by atoms with E-state index in [0.29, 0.717) is 27.4 Å². The minimum atomic E-state index is -0.419. The van der Waals surface area contributed by atoms with E-state index in [1.54, 1.807) is 36.1 Å². The summed E-state index contributed by atoms with van der Waals surface area (Å²) in [5.41, 5.74) is 1.17. The van der Waals surface area contributed by atoms with Crippen molar-refractivity contribution in [3.8, 4) is 6.07 Å². The molecule has 0 radical (unpaired) electrons. The molecule has 2 heterocycles. The first-order chi connectivity index (χ1) is 10.6. The Kier molecular flexibility index (Phi) is 3.59. The Labute approximate surface area is 131 Å². The van der Waals surface area contributed by atoms with E-state index in [1.807, 2.05) is 6.07 Å². The molecule has 0 fully saturated rings. The second kappa shape index (κ2) is 5.43. The molecular formula is C16H13FN2O2S. The van der Waals surface area contributed by atoms with Crippen LogP contribution in [-0.2, 0) is 4.74 Å². The van der Waals surface area contributed by atoms with Crippen molar-refractivity contribution in [3.63, 3.8) is 0 Å². The highest BCUT2D eigenvalue weighted by Crippen LogP contribution is 2.39. The summed E-state index contributed by atoms with van der Waals surface area (Å²) < 4.78 is 19.3. The SMILES string of the molecule is COC1=CCC2C(=C1F)C=C(C)N2C(=O)c1ccc(C#N)s1. The van der Waals surface area contributed by atoms with Gasteiger partial charge in [-0.05, 0) is 37.6 Å². The van der Waals surface area contributed by atoms with Crippen LogP contribution < -0.4 is 0 Å². The first-order valence-corrected chi connectivity index (χ1v) is 7.54.